The van der Waals surface area contributed by atoms with E-state index < -0.39 is 0 Å². The van der Waals surface area contributed by atoms with Gasteiger partial charge in [-0.15, -0.1) is 0 Å². The molecule has 0 N–H and O–H groups in total. The van der Waals surface area contributed by atoms with Crippen LogP contribution in [0.5, 0.6) is 11.5 Å². The first-order valence-corrected chi connectivity index (χ1v) is 14.2. The fraction of sp³-hybridized carbons (Fsp3) is 0.567. The maximum absolute atomic E-state index is 13.4. The number of hydrogen-bond acceptors (Lipinski definition) is 6. The van der Waals surface area contributed by atoms with E-state index >= 15 is 0 Å². The molecule has 7 nitrogen and oxygen atoms in total. The highest BCUT2D eigenvalue weighted by molar-refractivity contribution is 6.30. The van der Waals surface area contributed by atoms with E-state index in [-0.39, 0.29) is 5.91 Å². The number of ether oxygens (including phenoxy) is 3. The van der Waals surface area contributed by atoms with Gasteiger partial charge in [0.2, 0.25) is 5.91 Å². The van der Waals surface area contributed by atoms with Crippen molar-refractivity contribution in [1.29, 1.82) is 0 Å². The number of hydrogen-bond donors (Lipinski definition) is 0. The molecule has 0 aliphatic carbocycles. The third-order valence-corrected chi connectivity index (χ3v) is 8.66. The quantitative estimate of drug-likeness (QED) is 0.498. The summed E-state index contributed by atoms with van der Waals surface area (Å²) in [6.45, 7) is 7.97. The molecule has 0 radical (unpaired) electrons. The van der Waals surface area contributed by atoms with Crippen LogP contribution in [0.25, 0.3) is 0 Å². The average molecular weight is 542 g/mol. The minimum absolute atomic E-state index is 0.251. The van der Waals surface area contributed by atoms with E-state index in [1.54, 1.807) is 14.2 Å². The smallest absolute Gasteiger partial charge is 0.222 e. The van der Waals surface area contributed by atoms with Crippen molar-refractivity contribution in [3.05, 3.63) is 58.1 Å². The second-order valence-electron chi connectivity index (χ2n) is 10.7. The van der Waals surface area contributed by atoms with Gasteiger partial charge in [0.15, 0.2) is 11.5 Å². The Kier molecular flexibility index (Phi) is 9.10. The molecule has 1 amide bonds. The van der Waals surface area contributed by atoms with Gasteiger partial charge >= 0.3 is 0 Å². The van der Waals surface area contributed by atoms with Crippen LogP contribution in [0.3, 0.4) is 0 Å². The van der Waals surface area contributed by atoms with Gasteiger partial charge in [0.1, 0.15) is 0 Å². The molecular weight excluding hydrogens is 502 g/mol. The summed E-state index contributed by atoms with van der Waals surface area (Å²) >= 11 is 6.10. The number of morpholine rings is 1. The lowest BCUT2D eigenvalue weighted by Crippen LogP contribution is -2.54. The number of piperidine rings is 1. The zero-order chi connectivity index (χ0) is 26.5. The van der Waals surface area contributed by atoms with Gasteiger partial charge in [-0.3, -0.25) is 14.6 Å². The normalized spacial score (nSPS) is 22.7. The van der Waals surface area contributed by atoms with E-state index in [9.17, 15) is 4.79 Å². The maximum Gasteiger partial charge on any atom is 0.222 e. The number of rotatable bonds is 8. The Hall–Kier alpha value is -2.32. The first kappa shape index (κ1) is 27.3. The zero-order valence-corrected chi connectivity index (χ0v) is 23.4. The van der Waals surface area contributed by atoms with Crippen molar-refractivity contribution in [3.63, 3.8) is 0 Å². The molecule has 8 heteroatoms. The second kappa shape index (κ2) is 12.7. The molecule has 0 saturated carbocycles. The summed E-state index contributed by atoms with van der Waals surface area (Å²) in [4.78, 5) is 20.6. The minimum atomic E-state index is 0.251. The number of fused-ring (bicyclic) bond motifs is 1. The molecule has 5 rings (SSSR count). The topological polar surface area (TPSA) is 54.5 Å². The van der Waals surface area contributed by atoms with Gasteiger partial charge in [0.05, 0.1) is 27.4 Å². The SMILES string of the molecule is COc1cc2c(cc1OC)CN(C(=O)CC[C@@H]1CN(Cc3ccc(Cl)cc3)CC[C@@H]1N1CCOCC1)CC2. The highest BCUT2D eigenvalue weighted by Gasteiger charge is 2.34. The molecule has 3 aliphatic heterocycles. The van der Waals surface area contributed by atoms with Crippen molar-refractivity contribution >= 4 is 17.5 Å². The van der Waals surface area contributed by atoms with Crippen molar-refractivity contribution in [3.8, 4) is 11.5 Å². The number of nitrogens with zero attached hydrogens (tertiary/aromatic N) is 3. The molecular formula is C30H40ClN3O4. The van der Waals surface area contributed by atoms with Gasteiger partial charge in [-0.05, 0) is 72.7 Å². The molecule has 2 atom stereocenters. The number of likely N-dealkylation sites (tertiary alicyclic amines) is 1. The van der Waals surface area contributed by atoms with Crippen LogP contribution in [0.15, 0.2) is 36.4 Å². The first-order chi connectivity index (χ1) is 18.5. The van der Waals surface area contributed by atoms with Gasteiger partial charge in [0.25, 0.3) is 0 Å². The van der Waals surface area contributed by atoms with Crippen molar-refractivity contribution in [2.24, 2.45) is 5.92 Å². The number of carbonyl (C=O) groups is 1. The van der Waals surface area contributed by atoms with Crippen LogP contribution in [0.1, 0.15) is 36.0 Å². The number of methoxy groups -OCH3 is 2. The average Bonchev–Trinajstić information content (AvgIpc) is 2.96. The summed E-state index contributed by atoms with van der Waals surface area (Å²) < 4.78 is 16.6. The Morgan fingerprint density at radius 1 is 1.00 bits per heavy atom. The monoisotopic (exact) mass is 541 g/mol. The molecule has 206 valence electrons. The molecule has 3 aliphatic rings. The van der Waals surface area contributed by atoms with Crippen molar-refractivity contribution < 1.29 is 19.0 Å². The zero-order valence-electron chi connectivity index (χ0n) is 22.7. The molecule has 2 aromatic rings. The summed E-state index contributed by atoms with van der Waals surface area (Å²) in [5.41, 5.74) is 3.68. The molecule has 2 aromatic carbocycles. The van der Waals surface area contributed by atoms with Crippen LogP contribution >= 0.6 is 11.6 Å². The standard InChI is InChI=1S/C30H40ClN3O4/c1-36-28-17-23-9-12-34(21-25(23)18-29(28)37-2)30(35)8-5-24-20-32(19-22-3-6-26(31)7-4-22)11-10-27(24)33-13-15-38-16-14-33/h3-4,6-7,17-18,24,27H,5,8-16,19-21H2,1-2H3/t24-,27+/m1/s1. The van der Waals surface area contributed by atoms with Crippen LogP contribution in [0.4, 0.5) is 0 Å². The minimum Gasteiger partial charge on any atom is -0.493 e. The summed E-state index contributed by atoms with van der Waals surface area (Å²) in [7, 11) is 3.32. The molecule has 38 heavy (non-hydrogen) atoms. The predicted molar refractivity (Wildman–Crippen MR) is 149 cm³/mol. The summed E-state index contributed by atoms with van der Waals surface area (Å²) in [6, 6.07) is 12.8. The lowest BCUT2D eigenvalue weighted by molar-refractivity contribution is -0.132. The summed E-state index contributed by atoms with van der Waals surface area (Å²) in [5, 5.41) is 0.772. The van der Waals surface area contributed by atoms with E-state index in [4.69, 9.17) is 25.8 Å². The van der Waals surface area contributed by atoms with E-state index in [2.05, 4.69) is 28.0 Å². The van der Waals surface area contributed by atoms with Crippen LogP contribution in [-0.2, 0) is 29.0 Å². The van der Waals surface area contributed by atoms with Crippen LogP contribution in [0, 0.1) is 5.92 Å². The highest BCUT2D eigenvalue weighted by atomic mass is 35.5. The molecule has 0 spiro atoms. The van der Waals surface area contributed by atoms with Crippen LogP contribution < -0.4 is 9.47 Å². The molecule has 2 fully saturated rings. The van der Waals surface area contributed by atoms with Gasteiger partial charge in [-0.1, -0.05) is 23.7 Å². The maximum atomic E-state index is 13.4. The molecule has 2 saturated heterocycles. The van der Waals surface area contributed by atoms with Gasteiger partial charge in [-0.25, -0.2) is 0 Å². The molecule has 3 heterocycles. The van der Waals surface area contributed by atoms with Crippen molar-refractivity contribution in [1.82, 2.24) is 14.7 Å². The number of benzene rings is 2. The fourth-order valence-electron chi connectivity index (χ4n) is 6.32. The summed E-state index contributed by atoms with van der Waals surface area (Å²) in [5.74, 6) is 2.18. The number of amides is 1. The van der Waals surface area contributed by atoms with Gasteiger partial charge in [0, 0.05) is 56.8 Å². The third kappa shape index (κ3) is 6.45. The Morgan fingerprint density at radius 3 is 2.42 bits per heavy atom. The van der Waals surface area contributed by atoms with Crippen LogP contribution in [-0.4, -0.2) is 86.8 Å². The Morgan fingerprint density at radius 2 is 1.71 bits per heavy atom. The number of halogens is 1. The molecule has 0 unspecified atom stereocenters. The Bertz CT molecular complexity index is 1090. The van der Waals surface area contributed by atoms with E-state index in [0.717, 1.165) is 93.8 Å². The fourth-order valence-corrected chi connectivity index (χ4v) is 6.45. The molecule has 0 aromatic heterocycles. The number of carbonyl (C=O) groups excluding carboxylic acids is 1. The highest BCUT2D eigenvalue weighted by Crippen LogP contribution is 2.34. The third-order valence-electron chi connectivity index (χ3n) is 8.41. The van der Waals surface area contributed by atoms with Gasteiger partial charge < -0.3 is 19.1 Å². The Labute approximate surface area is 231 Å². The molecule has 0 bridgehead atoms. The van der Waals surface area contributed by atoms with E-state index in [0.29, 0.717) is 24.9 Å². The first-order valence-electron chi connectivity index (χ1n) is 13.8. The Balaban J connectivity index is 1.22. The van der Waals surface area contributed by atoms with Crippen molar-refractivity contribution in [2.75, 3.05) is 60.2 Å². The predicted octanol–water partition coefficient (Wildman–Crippen LogP) is 4.25. The second-order valence-corrected chi connectivity index (χ2v) is 11.1. The van der Waals surface area contributed by atoms with Gasteiger partial charge in [-0.2, -0.15) is 0 Å². The summed E-state index contributed by atoms with van der Waals surface area (Å²) in [6.07, 6.45) is 3.47. The van der Waals surface area contributed by atoms with E-state index in [1.807, 2.05) is 23.1 Å². The van der Waals surface area contributed by atoms with E-state index in [1.165, 1.54) is 11.1 Å². The lowest BCUT2D eigenvalue weighted by atomic mass is 9.86. The lowest BCUT2D eigenvalue weighted by Gasteiger charge is -2.45. The van der Waals surface area contributed by atoms with Crippen molar-refractivity contribution in [2.45, 2.75) is 44.8 Å². The largest absolute Gasteiger partial charge is 0.493 e. The van der Waals surface area contributed by atoms with Crippen LogP contribution in [0.2, 0.25) is 5.02 Å².